The van der Waals surface area contributed by atoms with Crippen molar-refractivity contribution in [2.45, 2.75) is 4.71 Å². The second-order valence-corrected chi connectivity index (χ2v) is 3.28. The van der Waals surface area contributed by atoms with Crippen LogP contribution < -0.4 is 0 Å². The normalized spacial score (nSPS) is 11.2. The predicted octanol–water partition coefficient (Wildman–Crippen LogP) is 2.91. The molecule has 1 aromatic rings. The van der Waals surface area contributed by atoms with Gasteiger partial charge in [0.05, 0.1) is 5.69 Å². The van der Waals surface area contributed by atoms with Gasteiger partial charge in [0.25, 0.3) is 0 Å². The molecule has 0 fully saturated rings. The van der Waals surface area contributed by atoms with Gasteiger partial charge in [0, 0.05) is 0 Å². The van der Waals surface area contributed by atoms with Gasteiger partial charge in [-0.25, -0.2) is 0 Å². The summed E-state index contributed by atoms with van der Waals surface area (Å²) in [6.07, 6.45) is 0. The lowest BCUT2D eigenvalue weighted by atomic mass is 10.3. The molecule has 0 spiro atoms. The SMILES string of the molecule is SC(S)N=Nc1ccccc1. The second-order valence-electron chi connectivity index (χ2n) is 1.90. The van der Waals surface area contributed by atoms with Gasteiger partial charge in [-0.3, -0.25) is 0 Å². The molecule has 0 aliphatic rings. The minimum atomic E-state index is -0.338. The highest BCUT2D eigenvalue weighted by Crippen LogP contribution is 2.12. The first kappa shape index (κ1) is 8.62. The van der Waals surface area contributed by atoms with Crippen molar-refractivity contribution in [1.82, 2.24) is 0 Å². The summed E-state index contributed by atoms with van der Waals surface area (Å²) in [6.45, 7) is 0. The maximum atomic E-state index is 3.93. The summed E-state index contributed by atoms with van der Waals surface area (Å²) in [5, 5.41) is 7.63. The van der Waals surface area contributed by atoms with Crippen LogP contribution in [0, 0.1) is 0 Å². The van der Waals surface area contributed by atoms with Crippen molar-refractivity contribution >= 4 is 30.9 Å². The van der Waals surface area contributed by atoms with Crippen LogP contribution in [0.25, 0.3) is 0 Å². The molecule has 0 aromatic heterocycles. The molecule has 1 rings (SSSR count). The molecule has 2 nitrogen and oxygen atoms in total. The fraction of sp³-hybridized carbons (Fsp3) is 0.143. The van der Waals surface area contributed by atoms with Gasteiger partial charge in [-0.1, -0.05) is 18.2 Å². The van der Waals surface area contributed by atoms with E-state index in [1.54, 1.807) is 0 Å². The molecule has 0 radical (unpaired) electrons. The zero-order valence-corrected chi connectivity index (χ0v) is 7.54. The lowest BCUT2D eigenvalue weighted by Crippen LogP contribution is -1.73. The van der Waals surface area contributed by atoms with Crippen LogP contribution in [0.4, 0.5) is 5.69 Å². The predicted molar refractivity (Wildman–Crippen MR) is 52.7 cm³/mol. The number of thiol groups is 2. The maximum absolute atomic E-state index is 3.93. The highest BCUT2D eigenvalue weighted by Gasteiger charge is 1.88. The van der Waals surface area contributed by atoms with Crippen molar-refractivity contribution in [3.8, 4) is 0 Å². The Morgan fingerprint density at radius 1 is 1.09 bits per heavy atom. The molecule has 0 amide bonds. The van der Waals surface area contributed by atoms with Crippen LogP contribution in [-0.2, 0) is 0 Å². The quantitative estimate of drug-likeness (QED) is 0.401. The van der Waals surface area contributed by atoms with E-state index < -0.39 is 0 Å². The van der Waals surface area contributed by atoms with Gasteiger partial charge in [-0.05, 0) is 12.1 Å². The van der Waals surface area contributed by atoms with Crippen LogP contribution in [0.1, 0.15) is 0 Å². The number of benzene rings is 1. The average Bonchev–Trinajstić information content (AvgIpc) is 2.03. The summed E-state index contributed by atoms with van der Waals surface area (Å²) in [5.74, 6) is 0. The molecule has 0 unspecified atom stereocenters. The summed E-state index contributed by atoms with van der Waals surface area (Å²) >= 11 is 7.86. The Morgan fingerprint density at radius 3 is 2.27 bits per heavy atom. The summed E-state index contributed by atoms with van der Waals surface area (Å²) in [4.78, 5) is 0. The Hall–Kier alpha value is -0.480. The molecule has 0 aliphatic heterocycles. The fourth-order valence-corrected chi connectivity index (χ4v) is 0.716. The van der Waals surface area contributed by atoms with Crippen LogP contribution >= 0.6 is 25.3 Å². The first-order chi connectivity index (χ1) is 5.29. The highest BCUT2D eigenvalue weighted by atomic mass is 32.2. The summed E-state index contributed by atoms with van der Waals surface area (Å²) in [6, 6.07) is 9.47. The minimum absolute atomic E-state index is 0.338. The Morgan fingerprint density at radius 2 is 1.73 bits per heavy atom. The van der Waals surface area contributed by atoms with E-state index in [0.717, 1.165) is 5.69 Å². The Balaban J connectivity index is 2.65. The standard InChI is InChI=1S/C7H8N2S2/c10-7(11)9-8-6-4-2-1-3-5-6/h1-5,7,10-11H. The van der Waals surface area contributed by atoms with E-state index in [2.05, 4.69) is 35.5 Å². The van der Waals surface area contributed by atoms with E-state index in [4.69, 9.17) is 0 Å². The van der Waals surface area contributed by atoms with Crippen LogP contribution in [0.5, 0.6) is 0 Å². The van der Waals surface area contributed by atoms with E-state index in [0.29, 0.717) is 0 Å². The fourth-order valence-electron chi connectivity index (χ4n) is 0.613. The third-order valence-electron chi connectivity index (χ3n) is 1.03. The van der Waals surface area contributed by atoms with Crippen molar-refractivity contribution in [1.29, 1.82) is 0 Å². The number of hydrogen-bond acceptors (Lipinski definition) is 4. The highest BCUT2D eigenvalue weighted by molar-refractivity contribution is 7.99. The monoisotopic (exact) mass is 184 g/mol. The summed E-state index contributed by atoms with van der Waals surface area (Å²) in [7, 11) is 0. The van der Waals surface area contributed by atoms with Gasteiger partial charge in [0.1, 0.15) is 0 Å². The molecular weight excluding hydrogens is 176 g/mol. The molecule has 0 aliphatic carbocycles. The van der Waals surface area contributed by atoms with Crippen molar-refractivity contribution in [2.75, 3.05) is 0 Å². The molecule has 0 heterocycles. The first-order valence-electron chi connectivity index (χ1n) is 3.11. The third kappa shape index (κ3) is 3.43. The molecule has 1 aromatic carbocycles. The Kier molecular flexibility index (Phi) is 3.45. The lowest BCUT2D eigenvalue weighted by molar-refractivity contribution is 1.10. The van der Waals surface area contributed by atoms with E-state index in [9.17, 15) is 0 Å². The molecule has 4 heteroatoms. The van der Waals surface area contributed by atoms with Crippen molar-refractivity contribution < 1.29 is 0 Å². The van der Waals surface area contributed by atoms with Gasteiger partial charge < -0.3 is 0 Å². The molecular formula is C7H8N2S2. The molecule has 0 N–H and O–H groups in total. The van der Waals surface area contributed by atoms with Gasteiger partial charge >= 0.3 is 0 Å². The maximum Gasteiger partial charge on any atom is 0.157 e. The average molecular weight is 184 g/mol. The second kappa shape index (κ2) is 4.41. The topological polar surface area (TPSA) is 24.7 Å². The van der Waals surface area contributed by atoms with Crippen LogP contribution in [-0.4, -0.2) is 4.71 Å². The van der Waals surface area contributed by atoms with E-state index in [-0.39, 0.29) is 4.71 Å². The molecule has 0 saturated heterocycles. The van der Waals surface area contributed by atoms with E-state index in [1.165, 1.54) is 0 Å². The zero-order chi connectivity index (χ0) is 8.10. The number of rotatable bonds is 2. The van der Waals surface area contributed by atoms with Crippen LogP contribution in [0.2, 0.25) is 0 Å². The molecule has 58 valence electrons. The van der Waals surface area contributed by atoms with Crippen molar-refractivity contribution in [2.24, 2.45) is 10.2 Å². The van der Waals surface area contributed by atoms with E-state index >= 15 is 0 Å². The van der Waals surface area contributed by atoms with Gasteiger partial charge in [-0.15, -0.1) is 25.3 Å². The molecule has 0 bridgehead atoms. The molecule has 0 atom stereocenters. The number of nitrogens with zero attached hydrogens (tertiary/aromatic N) is 2. The van der Waals surface area contributed by atoms with Crippen molar-refractivity contribution in [3.63, 3.8) is 0 Å². The summed E-state index contributed by atoms with van der Waals surface area (Å²) in [5.41, 5.74) is 0.820. The van der Waals surface area contributed by atoms with Crippen molar-refractivity contribution in [3.05, 3.63) is 30.3 Å². The Labute approximate surface area is 76.6 Å². The van der Waals surface area contributed by atoms with Crippen LogP contribution in [0.15, 0.2) is 40.6 Å². The van der Waals surface area contributed by atoms with Gasteiger partial charge in [0.2, 0.25) is 0 Å². The first-order valence-corrected chi connectivity index (χ1v) is 4.14. The zero-order valence-electron chi connectivity index (χ0n) is 5.75. The minimum Gasteiger partial charge on any atom is -0.164 e. The third-order valence-corrected chi connectivity index (χ3v) is 1.24. The van der Waals surface area contributed by atoms with E-state index in [1.807, 2.05) is 30.3 Å². The largest absolute Gasteiger partial charge is 0.164 e. The van der Waals surface area contributed by atoms with Gasteiger partial charge in [-0.2, -0.15) is 10.2 Å². The summed E-state index contributed by atoms with van der Waals surface area (Å²) < 4.78 is -0.338. The number of hydrogen-bond donors (Lipinski definition) is 2. The number of azo groups is 1. The lowest BCUT2D eigenvalue weighted by Gasteiger charge is -1.91. The smallest absolute Gasteiger partial charge is 0.157 e. The molecule has 11 heavy (non-hydrogen) atoms. The molecule has 0 saturated carbocycles. The van der Waals surface area contributed by atoms with Gasteiger partial charge in [0.15, 0.2) is 4.71 Å². The Bertz CT molecular complexity index is 233. The van der Waals surface area contributed by atoms with Crippen LogP contribution in [0.3, 0.4) is 0 Å².